The maximum absolute atomic E-state index is 14.7. The van der Waals surface area contributed by atoms with Gasteiger partial charge in [-0.05, 0) is 29.8 Å². The lowest BCUT2D eigenvalue weighted by molar-refractivity contribution is -0.132. The number of nitrogens with zero attached hydrogens (tertiary/aromatic N) is 1. The quantitative estimate of drug-likeness (QED) is 0.281. The van der Waals surface area contributed by atoms with E-state index in [1.807, 2.05) is 0 Å². The zero-order chi connectivity index (χ0) is 23.9. The zero-order valence-electron chi connectivity index (χ0n) is 17.0. The highest BCUT2D eigenvalue weighted by Gasteiger charge is 2.48. The maximum atomic E-state index is 14.7. The molecule has 1 amide bonds. The molecule has 0 spiro atoms. The van der Waals surface area contributed by atoms with E-state index < -0.39 is 35.1 Å². The molecule has 1 heterocycles. The molecule has 5 nitrogen and oxygen atoms in total. The summed E-state index contributed by atoms with van der Waals surface area (Å²) in [5.41, 5.74) is -0.253. The lowest BCUT2D eigenvalue weighted by Crippen LogP contribution is -2.30. The van der Waals surface area contributed by atoms with Gasteiger partial charge in [0.25, 0.3) is 11.7 Å². The molecule has 0 aliphatic carbocycles. The van der Waals surface area contributed by atoms with Gasteiger partial charge in [0, 0.05) is 11.1 Å². The molecule has 0 aromatic heterocycles. The van der Waals surface area contributed by atoms with Crippen LogP contribution in [0.4, 0.5) is 14.5 Å². The number of benzene rings is 3. The van der Waals surface area contributed by atoms with E-state index in [0.29, 0.717) is 11.6 Å². The normalized spacial score (nSPS) is 17.5. The molecule has 1 aliphatic rings. The molecule has 1 saturated heterocycles. The second-order valence-corrected chi connectivity index (χ2v) is 7.99. The number of carbonyl (C=O) groups excluding carboxylic acids is 2. The minimum Gasteiger partial charge on any atom is -0.507 e. The third-order valence-corrected chi connectivity index (χ3v) is 5.70. The number of rotatable bonds is 4. The molecule has 3 aromatic carbocycles. The highest BCUT2D eigenvalue weighted by Crippen LogP contribution is 2.45. The fraction of sp³-hybridized carbons (Fsp3) is 0.0833. The van der Waals surface area contributed by atoms with E-state index in [1.54, 1.807) is 30.3 Å². The van der Waals surface area contributed by atoms with Crippen molar-refractivity contribution in [1.82, 2.24) is 0 Å². The number of methoxy groups -OCH3 is 1. The molecule has 1 aliphatic heterocycles. The minimum absolute atomic E-state index is 0.0199. The van der Waals surface area contributed by atoms with Crippen LogP contribution in [-0.4, -0.2) is 23.9 Å². The van der Waals surface area contributed by atoms with Crippen LogP contribution in [0.25, 0.3) is 5.76 Å². The van der Waals surface area contributed by atoms with Crippen molar-refractivity contribution in [2.75, 3.05) is 12.0 Å². The lowest BCUT2D eigenvalue weighted by atomic mass is 9.95. The number of ether oxygens (including phenoxy) is 1. The highest BCUT2D eigenvalue weighted by molar-refractivity contribution is 6.52. The predicted octanol–water partition coefficient (Wildman–Crippen LogP) is 5.91. The molecule has 0 bridgehead atoms. The van der Waals surface area contributed by atoms with Crippen molar-refractivity contribution in [2.45, 2.75) is 6.04 Å². The van der Waals surface area contributed by atoms with Gasteiger partial charge in [-0.2, -0.15) is 0 Å². The van der Waals surface area contributed by atoms with Crippen molar-refractivity contribution >= 4 is 46.3 Å². The van der Waals surface area contributed by atoms with Gasteiger partial charge in [-0.15, -0.1) is 0 Å². The van der Waals surface area contributed by atoms with Gasteiger partial charge in [0.05, 0.1) is 35.0 Å². The van der Waals surface area contributed by atoms with Gasteiger partial charge in [-0.25, -0.2) is 8.78 Å². The molecule has 1 fully saturated rings. The Kier molecular flexibility index (Phi) is 6.10. The number of hydrogen-bond acceptors (Lipinski definition) is 4. The molecule has 3 aromatic rings. The van der Waals surface area contributed by atoms with Gasteiger partial charge in [0.1, 0.15) is 23.1 Å². The smallest absolute Gasteiger partial charge is 0.300 e. The van der Waals surface area contributed by atoms with Crippen molar-refractivity contribution < 1.29 is 28.2 Å². The Morgan fingerprint density at radius 1 is 1.03 bits per heavy atom. The summed E-state index contributed by atoms with van der Waals surface area (Å²) in [6.45, 7) is 0. The number of amides is 1. The standard InChI is InChI=1S/C24H15Cl2F2NO4/c1-33-23-15(9-13(25)10-16(23)26)21(30)19-20(12-5-3-2-4-6-12)29(24(32)22(19)31)18-8-7-14(27)11-17(18)28/h2-11,20,30H,1H3/b21-19+. The molecule has 1 unspecified atom stereocenters. The Labute approximate surface area is 197 Å². The summed E-state index contributed by atoms with van der Waals surface area (Å²) < 4.78 is 33.5. The van der Waals surface area contributed by atoms with Crippen LogP contribution in [0.2, 0.25) is 10.0 Å². The summed E-state index contributed by atoms with van der Waals surface area (Å²) in [6, 6.07) is 12.4. The second kappa shape index (κ2) is 8.84. The first-order valence-electron chi connectivity index (χ1n) is 9.59. The third-order valence-electron chi connectivity index (χ3n) is 5.20. The Bertz CT molecular complexity index is 1310. The summed E-state index contributed by atoms with van der Waals surface area (Å²) in [5, 5.41) is 11.4. The van der Waals surface area contributed by atoms with E-state index in [9.17, 15) is 23.5 Å². The monoisotopic (exact) mass is 489 g/mol. The van der Waals surface area contributed by atoms with E-state index in [1.165, 1.54) is 19.2 Å². The summed E-state index contributed by atoms with van der Waals surface area (Å²) in [5.74, 6) is -4.62. The molecular weight excluding hydrogens is 475 g/mol. The van der Waals surface area contributed by atoms with Gasteiger partial charge < -0.3 is 9.84 Å². The first kappa shape index (κ1) is 22.8. The third kappa shape index (κ3) is 3.94. The summed E-state index contributed by atoms with van der Waals surface area (Å²) >= 11 is 12.3. The molecular formula is C24H15Cl2F2NO4. The molecule has 33 heavy (non-hydrogen) atoms. The van der Waals surface area contributed by atoms with Crippen LogP contribution in [0.3, 0.4) is 0 Å². The second-order valence-electron chi connectivity index (χ2n) is 7.14. The molecule has 1 N–H and O–H groups in total. The van der Waals surface area contributed by atoms with Gasteiger partial charge in [0.2, 0.25) is 0 Å². The average Bonchev–Trinajstić information content (AvgIpc) is 3.04. The number of hydrogen-bond donors (Lipinski definition) is 1. The van der Waals surface area contributed by atoms with Crippen LogP contribution in [0, 0.1) is 11.6 Å². The zero-order valence-corrected chi connectivity index (χ0v) is 18.5. The first-order chi connectivity index (χ1) is 15.7. The van der Waals surface area contributed by atoms with Crippen molar-refractivity contribution in [3.05, 3.63) is 99.0 Å². The fourth-order valence-corrected chi connectivity index (χ4v) is 4.37. The Balaban J connectivity index is 2.02. The van der Waals surface area contributed by atoms with Gasteiger partial charge in [0.15, 0.2) is 0 Å². The van der Waals surface area contributed by atoms with E-state index in [0.717, 1.165) is 17.0 Å². The molecule has 4 rings (SSSR count). The Hall–Kier alpha value is -3.42. The van der Waals surface area contributed by atoms with Crippen LogP contribution < -0.4 is 9.64 Å². The molecule has 0 radical (unpaired) electrons. The summed E-state index contributed by atoms with van der Waals surface area (Å²) in [7, 11) is 1.31. The van der Waals surface area contributed by atoms with E-state index in [-0.39, 0.29) is 32.6 Å². The van der Waals surface area contributed by atoms with E-state index >= 15 is 0 Å². The van der Waals surface area contributed by atoms with Crippen LogP contribution in [0.5, 0.6) is 5.75 Å². The Morgan fingerprint density at radius 3 is 2.36 bits per heavy atom. The molecule has 1 atom stereocenters. The minimum atomic E-state index is -1.21. The summed E-state index contributed by atoms with van der Waals surface area (Å²) in [6.07, 6.45) is 0. The van der Waals surface area contributed by atoms with Gasteiger partial charge >= 0.3 is 0 Å². The van der Waals surface area contributed by atoms with Crippen molar-refractivity contribution in [3.63, 3.8) is 0 Å². The number of aliphatic hydroxyl groups is 1. The van der Waals surface area contributed by atoms with Crippen molar-refractivity contribution in [3.8, 4) is 5.75 Å². The highest BCUT2D eigenvalue weighted by atomic mass is 35.5. The van der Waals surface area contributed by atoms with E-state index in [4.69, 9.17) is 27.9 Å². The summed E-state index contributed by atoms with van der Waals surface area (Å²) in [4.78, 5) is 27.1. The number of aliphatic hydroxyl groups excluding tert-OH is 1. The van der Waals surface area contributed by atoms with Gasteiger partial charge in [-0.1, -0.05) is 53.5 Å². The van der Waals surface area contributed by atoms with Crippen molar-refractivity contribution in [2.24, 2.45) is 0 Å². The lowest BCUT2D eigenvalue weighted by Gasteiger charge is -2.26. The molecule has 0 saturated carbocycles. The topological polar surface area (TPSA) is 66.8 Å². The molecule has 168 valence electrons. The Morgan fingerprint density at radius 2 is 1.73 bits per heavy atom. The maximum Gasteiger partial charge on any atom is 0.300 e. The van der Waals surface area contributed by atoms with Crippen molar-refractivity contribution in [1.29, 1.82) is 0 Å². The number of Topliss-reactive ketones (excluding diaryl/α,β-unsaturated/α-hetero) is 1. The molecule has 9 heteroatoms. The first-order valence-corrected chi connectivity index (χ1v) is 10.3. The number of anilines is 1. The predicted molar refractivity (Wildman–Crippen MR) is 121 cm³/mol. The van der Waals surface area contributed by atoms with Gasteiger partial charge in [-0.3, -0.25) is 14.5 Å². The average molecular weight is 490 g/mol. The fourth-order valence-electron chi connectivity index (χ4n) is 3.80. The number of halogens is 4. The van der Waals surface area contributed by atoms with Crippen LogP contribution in [0.1, 0.15) is 17.2 Å². The number of carbonyl (C=O) groups is 2. The SMILES string of the molecule is COc1c(Cl)cc(Cl)cc1/C(O)=C1\C(=O)C(=O)N(c2ccc(F)cc2F)C1c1ccccc1. The van der Waals surface area contributed by atoms with Crippen LogP contribution in [-0.2, 0) is 9.59 Å². The van der Waals surface area contributed by atoms with Crippen LogP contribution in [0.15, 0.2) is 66.2 Å². The van der Waals surface area contributed by atoms with E-state index in [2.05, 4.69) is 0 Å². The largest absolute Gasteiger partial charge is 0.507 e. The van der Waals surface area contributed by atoms with Crippen LogP contribution >= 0.6 is 23.2 Å². The number of ketones is 1.